The van der Waals surface area contributed by atoms with E-state index in [4.69, 9.17) is 14.2 Å². The first kappa shape index (κ1) is 30.4. The van der Waals surface area contributed by atoms with Gasteiger partial charge in [-0.15, -0.1) is 0 Å². The molecule has 36 heavy (non-hydrogen) atoms. The minimum atomic E-state index is -0.141. The van der Waals surface area contributed by atoms with Crippen LogP contribution in [0.1, 0.15) is 44.1 Å². The van der Waals surface area contributed by atoms with Gasteiger partial charge in [0.2, 0.25) is 0 Å². The van der Waals surface area contributed by atoms with Crippen molar-refractivity contribution in [1.82, 2.24) is 4.48 Å². The molecule has 1 aliphatic heterocycles. The molecular weight excluding hydrogens is 567 g/mol. The minimum Gasteiger partial charge on any atom is -1.00 e. The van der Waals surface area contributed by atoms with Crippen LogP contribution in [0.5, 0.6) is 5.75 Å². The molecule has 0 bridgehead atoms. The molecule has 0 saturated carbocycles. The number of rotatable bonds is 14. The summed E-state index contributed by atoms with van der Waals surface area (Å²) in [5.74, 6) is 0.804. The quantitative estimate of drug-likeness (QED) is 0.142. The molecule has 0 spiro atoms. The summed E-state index contributed by atoms with van der Waals surface area (Å²) in [7, 11) is 6.39. The van der Waals surface area contributed by atoms with Crippen LogP contribution in [-0.4, -0.2) is 66.6 Å². The zero-order chi connectivity index (χ0) is 24.9. The smallest absolute Gasteiger partial charge is 0.310 e. The van der Waals surface area contributed by atoms with E-state index in [1.165, 1.54) is 17.8 Å². The number of hydrogen-bond donors (Lipinski definition) is 0. The highest BCUT2D eigenvalue weighted by atomic mass is 127. The van der Waals surface area contributed by atoms with Crippen molar-refractivity contribution in [1.29, 1.82) is 0 Å². The van der Waals surface area contributed by atoms with E-state index < -0.39 is 0 Å². The molecule has 0 aliphatic carbocycles. The second-order valence-corrected chi connectivity index (χ2v) is 10.1. The first-order valence-corrected chi connectivity index (χ1v) is 13.0. The van der Waals surface area contributed by atoms with Gasteiger partial charge in [-0.2, -0.15) is 0 Å². The Morgan fingerprint density at radius 1 is 0.889 bits per heavy atom. The Bertz CT molecular complexity index is 893. The summed E-state index contributed by atoms with van der Waals surface area (Å²) in [5.41, 5.74) is 3.43. The summed E-state index contributed by atoms with van der Waals surface area (Å²) in [6.45, 7) is 4.72. The van der Waals surface area contributed by atoms with Crippen LogP contribution >= 0.6 is 0 Å². The van der Waals surface area contributed by atoms with Gasteiger partial charge in [0, 0.05) is 24.8 Å². The Morgan fingerprint density at radius 3 is 2.19 bits per heavy atom. The average molecular weight is 611 g/mol. The molecule has 0 aromatic heterocycles. The molecule has 0 unspecified atom stereocenters. The average Bonchev–Trinajstić information content (AvgIpc) is 2.85. The van der Waals surface area contributed by atoms with Crippen molar-refractivity contribution in [3.8, 4) is 5.75 Å². The third kappa shape index (κ3) is 11.0. The first-order valence-electron chi connectivity index (χ1n) is 13.0. The van der Waals surface area contributed by atoms with Crippen LogP contribution in [0.25, 0.3) is 0 Å². The second-order valence-electron chi connectivity index (χ2n) is 10.1. The van der Waals surface area contributed by atoms with E-state index >= 15 is 0 Å². The lowest BCUT2D eigenvalue weighted by Gasteiger charge is -2.29. The van der Waals surface area contributed by atoms with Gasteiger partial charge < -0.3 is 43.1 Å². The molecule has 0 amide bonds. The van der Waals surface area contributed by atoms with Crippen LogP contribution in [0.3, 0.4) is 0 Å². The summed E-state index contributed by atoms with van der Waals surface area (Å²) < 4.78 is 17.6. The van der Waals surface area contributed by atoms with Crippen molar-refractivity contribution >= 4 is 17.3 Å². The summed E-state index contributed by atoms with van der Waals surface area (Å²) in [4.78, 5) is 14.4. The number of nitrogens with zero attached hydrogens (tertiary/aromatic N) is 2. The highest BCUT2D eigenvalue weighted by Gasteiger charge is 2.13. The number of esters is 1. The molecule has 7 heteroatoms. The number of anilines is 1. The van der Waals surface area contributed by atoms with Crippen LogP contribution < -0.4 is 38.1 Å². The summed E-state index contributed by atoms with van der Waals surface area (Å²) in [5, 5.41) is 0. The molecule has 2 aromatic carbocycles. The Kier molecular flexibility index (Phi) is 13.6. The van der Waals surface area contributed by atoms with Gasteiger partial charge in [-0.3, -0.25) is 9.28 Å². The molecule has 1 heterocycles. The van der Waals surface area contributed by atoms with Crippen molar-refractivity contribution in [2.24, 2.45) is 0 Å². The molecule has 0 radical (unpaired) electrons. The molecule has 2 aromatic rings. The monoisotopic (exact) mass is 610 g/mol. The zero-order valence-corrected chi connectivity index (χ0v) is 24.4. The standard InChI is InChI=1S/C29H43N2O4.HI/c1-31(2,3)27-15-13-25(14-16-27)23-29(32)35-20-9-7-5-4-6-8-19-34-28-12-10-11-26(24-28)30-17-21-33-22-18-30;/h10-16,24H,4-9,17-23H2,1-3H3;1H/q+1;/p-1. The number of ether oxygens (including phenoxy) is 3. The topological polar surface area (TPSA) is 48.0 Å². The van der Waals surface area contributed by atoms with Crippen LogP contribution in [0, 0.1) is 0 Å². The van der Waals surface area contributed by atoms with E-state index in [0.29, 0.717) is 13.0 Å². The predicted molar refractivity (Wildman–Crippen MR) is 143 cm³/mol. The fourth-order valence-electron chi connectivity index (χ4n) is 4.16. The molecule has 1 aliphatic rings. The molecule has 0 atom stereocenters. The summed E-state index contributed by atoms with van der Waals surface area (Å²) in [6.07, 6.45) is 6.92. The zero-order valence-electron chi connectivity index (χ0n) is 22.2. The molecule has 200 valence electrons. The fourth-order valence-corrected chi connectivity index (χ4v) is 4.16. The van der Waals surface area contributed by atoms with E-state index in [-0.39, 0.29) is 29.9 Å². The predicted octanol–water partition coefficient (Wildman–Crippen LogP) is 2.23. The molecule has 6 nitrogen and oxygen atoms in total. The highest BCUT2D eigenvalue weighted by molar-refractivity contribution is 5.72. The largest absolute Gasteiger partial charge is 1.00 e. The number of benzene rings is 2. The molecule has 1 saturated heterocycles. The van der Waals surface area contributed by atoms with Crippen molar-refractivity contribution < 1.29 is 43.0 Å². The maximum atomic E-state index is 12.1. The van der Waals surface area contributed by atoms with Gasteiger partial charge in [0.1, 0.15) is 11.4 Å². The van der Waals surface area contributed by atoms with Crippen LogP contribution in [0.4, 0.5) is 11.4 Å². The summed E-state index contributed by atoms with van der Waals surface area (Å²) in [6, 6.07) is 16.6. The van der Waals surface area contributed by atoms with Gasteiger partial charge in [0.15, 0.2) is 0 Å². The first-order chi connectivity index (χ1) is 16.9. The minimum absolute atomic E-state index is 0. The van der Waals surface area contributed by atoms with E-state index in [9.17, 15) is 4.79 Å². The van der Waals surface area contributed by atoms with Gasteiger partial charge in [-0.1, -0.05) is 43.9 Å². The van der Waals surface area contributed by atoms with Gasteiger partial charge >= 0.3 is 5.97 Å². The van der Waals surface area contributed by atoms with Crippen molar-refractivity contribution in [2.45, 2.75) is 44.9 Å². The van der Waals surface area contributed by atoms with E-state index in [2.05, 4.69) is 56.4 Å². The number of carbonyl (C=O) groups is 1. The number of morpholine rings is 1. The van der Waals surface area contributed by atoms with Gasteiger partial charge in [-0.05, 0) is 42.7 Å². The summed E-state index contributed by atoms with van der Waals surface area (Å²) >= 11 is 0. The maximum absolute atomic E-state index is 12.1. The van der Waals surface area contributed by atoms with Crippen LogP contribution in [-0.2, 0) is 20.7 Å². The highest BCUT2D eigenvalue weighted by Crippen LogP contribution is 2.22. The van der Waals surface area contributed by atoms with E-state index in [0.717, 1.165) is 80.8 Å². The Morgan fingerprint density at radius 2 is 1.53 bits per heavy atom. The lowest BCUT2D eigenvalue weighted by molar-refractivity contribution is -0.142. The van der Waals surface area contributed by atoms with E-state index in [1.807, 2.05) is 18.2 Å². The van der Waals surface area contributed by atoms with Gasteiger partial charge in [0.25, 0.3) is 0 Å². The lowest BCUT2D eigenvalue weighted by Crippen LogP contribution is -3.00. The number of halogens is 1. The van der Waals surface area contributed by atoms with Gasteiger partial charge in [-0.25, -0.2) is 0 Å². The second kappa shape index (κ2) is 16.1. The fraction of sp³-hybridized carbons (Fsp3) is 0.552. The third-order valence-corrected chi connectivity index (χ3v) is 6.32. The van der Waals surface area contributed by atoms with E-state index in [1.54, 1.807) is 0 Å². The maximum Gasteiger partial charge on any atom is 0.310 e. The van der Waals surface area contributed by atoms with Crippen molar-refractivity contribution in [3.63, 3.8) is 0 Å². The molecular formula is C29H43IN2O4. The Hall–Kier alpha value is -1.84. The number of hydrogen-bond acceptors (Lipinski definition) is 5. The SMILES string of the molecule is C[N+](C)(C)c1ccc(CC(=O)OCCCCCCCCOc2cccc(N3CCOCC3)c2)cc1.[I-]. The lowest BCUT2D eigenvalue weighted by atomic mass is 10.1. The third-order valence-electron chi connectivity index (χ3n) is 6.32. The Balaban J connectivity index is 0.00000456. The van der Waals surface area contributed by atoms with Gasteiger partial charge in [0.05, 0.1) is 54.0 Å². The molecule has 3 rings (SSSR count). The number of unbranched alkanes of at least 4 members (excludes halogenated alkanes) is 5. The molecule has 1 fully saturated rings. The van der Waals surface area contributed by atoms with Crippen LogP contribution in [0.2, 0.25) is 0 Å². The number of carbonyl (C=O) groups excluding carboxylic acids is 1. The Labute approximate surface area is 234 Å². The van der Waals surface area contributed by atoms with Crippen molar-refractivity contribution in [3.05, 3.63) is 54.1 Å². The molecule has 0 N–H and O–H groups in total. The number of quaternary nitrogens is 1. The van der Waals surface area contributed by atoms with Crippen LogP contribution in [0.15, 0.2) is 48.5 Å². The van der Waals surface area contributed by atoms with Crippen molar-refractivity contribution in [2.75, 3.05) is 65.6 Å². The normalized spacial score (nSPS) is 13.7.